The van der Waals surface area contributed by atoms with E-state index < -0.39 is 4.92 Å². The van der Waals surface area contributed by atoms with Gasteiger partial charge in [0, 0.05) is 30.8 Å². The van der Waals surface area contributed by atoms with E-state index in [0.717, 1.165) is 19.3 Å². The maximum Gasteiger partial charge on any atom is 0.310 e. The van der Waals surface area contributed by atoms with Crippen molar-refractivity contribution < 1.29 is 14.5 Å². The molecule has 0 saturated carbocycles. The highest BCUT2D eigenvalue weighted by Gasteiger charge is 2.25. The number of likely N-dealkylation sites (tertiary alicyclic amines) is 1. The molecule has 22 heavy (non-hydrogen) atoms. The number of benzene rings is 1. The number of ether oxygens (including phenoxy) is 1. The predicted molar refractivity (Wildman–Crippen MR) is 81.9 cm³/mol. The van der Waals surface area contributed by atoms with Crippen LogP contribution in [0.5, 0.6) is 5.75 Å². The SMILES string of the molecule is COc1cc(C(=O)N2CCCC(CCN)C2)ccc1[N+](=O)[O-]. The summed E-state index contributed by atoms with van der Waals surface area (Å²) in [5.74, 6) is 0.420. The Bertz CT molecular complexity index is 560. The number of nitro benzene ring substituents is 1. The number of methoxy groups -OCH3 is 1. The Morgan fingerprint density at radius 1 is 1.55 bits per heavy atom. The minimum atomic E-state index is -0.523. The summed E-state index contributed by atoms with van der Waals surface area (Å²) in [6.45, 7) is 2.02. The first kappa shape index (κ1) is 16.2. The molecule has 0 radical (unpaired) electrons. The summed E-state index contributed by atoms with van der Waals surface area (Å²) in [7, 11) is 1.36. The fourth-order valence-electron chi connectivity index (χ4n) is 2.86. The van der Waals surface area contributed by atoms with Gasteiger partial charge in [-0.05, 0) is 37.8 Å². The number of hydrogen-bond donors (Lipinski definition) is 1. The van der Waals surface area contributed by atoms with Crippen molar-refractivity contribution in [2.45, 2.75) is 19.3 Å². The minimum Gasteiger partial charge on any atom is -0.490 e. The Hall–Kier alpha value is -2.15. The molecular weight excluding hydrogens is 286 g/mol. The zero-order valence-corrected chi connectivity index (χ0v) is 12.7. The average molecular weight is 307 g/mol. The molecule has 1 amide bonds. The van der Waals surface area contributed by atoms with Crippen molar-refractivity contribution in [2.75, 3.05) is 26.7 Å². The predicted octanol–water partition coefficient (Wildman–Crippen LogP) is 1.80. The van der Waals surface area contributed by atoms with Gasteiger partial charge in [-0.3, -0.25) is 14.9 Å². The Morgan fingerprint density at radius 3 is 2.95 bits per heavy atom. The van der Waals surface area contributed by atoms with Crippen molar-refractivity contribution >= 4 is 11.6 Å². The standard InChI is InChI=1S/C15H21N3O4/c1-22-14-9-12(4-5-13(14)18(20)21)15(19)17-8-2-3-11(10-17)6-7-16/h4-5,9,11H,2-3,6-8,10,16H2,1H3. The first-order valence-corrected chi connectivity index (χ1v) is 7.38. The topological polar surface area (TPSA) is 98.7 Å². The van der Waals surface area contributed by atoms with Gasteiger partial charge in [-0.1, -0.05) is 0 Å². The van der Waals surface area contributed by atoms with E-state index in [2.05, 4.69) is 0 Å². The van der Waals surface area contributed by atoms with Crippen molar-refractivity contribution in [3.05, 3.63) is 33.9 Å². The van der Waals surface area contributed by atoms with Crippen molar-refractivity contribution in [1.82, 2.24) is 4.90 Å². The minimum absolute atomic E-state index is 0.103. The number of rotatable bonds is 5. The van der Waals surface area contributed by atoms with Crippen LogP contribution >= 0.6 is 0 Å². The molecule has 0 bridgehead atoms. The van der Waals surface area contributed by atoms with Crippen molar-refractivity contribution in [1.29, 1.82) is 0 Å². The van der Waals surface area contributed by atoms with E-state index in [4.69, 9.17) is 10.5 Å². The lowest BCUT2D eigenvalue weighted by molar-refractivity contribution is -0.385. The molecule has 7 nitrogen and oxygen atoms in total. The second-order valence-electron chi connectivity index (χ2n) is 5.48. The lowest BCUT2D eigenvalue weighted by atomic mass is 9.94. The number of carbonyl (C=O) groups excluding carboxylic acids is 1. The van der Waals surface area contributed by atoms with Gasteiger partial charge < -0.3 is 15.4 Å². The number of amides is 1. The smallest absolute Gasteiger partial charge is 0.310 e. The van der Waals surface area contributed by atoms with Crippen molar-refractivity contribution in [3.8, 4) is 5.75 Å². The number of nitro groups is 1. The highest BCUT2D eigenvalue weighted by atomic mass is 16.6. The van der Waals surface area contributed by atoms with Crippen LogP contribution in [0, 0.1) is 16.0 Å². The molecule has 0 aromatic heterocycles. The average Bonchev–Trinajstić information content (AvgIpc) is 2.54. The molecule has 7 heteroatoms. The van der Waals surface area contributed by atoms with Gasteiger partial charge in [0.05, 0.1) is 12.0 Å². The first-order chi connectivity index (χ1) is 10.6. The lowest BCUT2D eigenvalue weighted by Crippen LogP contribution is -2.40. The molecular formula is C15H21N3O4. The number of carbonyl (C=O) groups is 1. The molecule has 1 aromatic rings. The van der Waals surface area contributed by atoms with Crippen LogP contribution < -0.4 is 10.5 Å². The third-order valence-electron chi connectivity index (χ3n) is 4.00. The summed E-state index contributed by atoms with van der Waals surface area (Å²) in [4.78, 5) is 24.7. The Morgan fingerprint density at radius 2 is 2.32 bits per heavy atom. The molecule has 0 spiro atoms. The van der Waals surface area contributed by atoms with Crippen LogP contribution in [0.15, 0.2) is 18.2 Å². The number of piperidine rings is 1. The van der Waals surface area contributed by atoms with Crippen molar-refractivity contribution in [2.24, 2.45) is 11.7 Å². The molecule has 2 rings (SSSR count). The Balaban J connectivity index is 2.17. The molecule has 1 aliphatic heterocycles. The second kappa shape index (κ2) is 7.22. The van der Waals surface area contributed by atoms with Gasteiger partial charge in [0.1, 0.15) is 0 Å². The van der Waals surface area contributed by atoms with Gasteiger partial charge >= 0.3 is 5.69 Å². The monoisotopic (exact) mass is 307 g/mol. The maximum absolute atomic E-state index is 12.6. The zero-order chi connectivity index (χ0) is 16.1. The van der Waals surface area contributed by atoms with E-state index in [-0.39, 0.29) is 17.3 Å². The van der Waals surface area contributed by atoms with Crippen LogP contribution in [0.4, 0.5) is 5.69 Å². The summed E-state index contributed by atoms with van der Waals surface area (Å²) in [6.07, 6.45) is 2.96. The van der Waals surface area contributed by atoms with Gasteiger partial charge in [-0.2, -0.15) is 0 Å². The molecule has 1 atom stereocenters. The molecule has 1 unspecified atom stereocenters. The molecule has 0 aliphatic carbocycles. The largest absolute Gasteiger partial charge is 0.490 e. The number of hydrogen-bond acceptors (Lipinski definition) is 5. The summed E-state index contributed by atoms with van der Waals surface area (Å²) < 4.78 is 5.02. The third kappa shape index (κ3) is 3.54. The Kier molecular flexibility index (Phi) is 5.32. The van der Waals surface area contributed by atoms with E-state index >= 15 is 0 Å². The highest BCUT2D eigenvalue weighted by molar-refractivity contribution is 5.95. The van der Waals surface area contributed by atoms with Crippen molar-refractivity contribution in [3.63, 3.8) is 0 Å². The Labute approximate surface area is 129 Å². The van der Waals surface area contributed by atoms with Gasteiger partial charge in [0.2, 0.25) is 0 Å². The quantitative estimate of drug-likeness (QED) is 0.660. The fraction of sp³-hybridized carbons (Fsp3) is 0.533. The fourth-order valence-corrected chi connectivity index (χ4v) is 2.86. The van der Waals surface area contributed by atoms with Gasteiger partial charge in [-0.25, -0.2) is 0 Å². The van der Waals surface area contributed by atoms with Crippen LogP contribution in [0.25, 0.3) is 0 Å². The molecule has 1 saturated heterocycles. The number of nitrogens with zero attached hydrogens (tertiary/aromatic N) is 2. The van der Waals surface area contributed by atoms with Crippen LogP contribution in [0.2, 0.25) is 0 Å². The van der Waals surface area contributed by atoms with E-state index in [1.54, 1.807) is 4.90 Å². The zero-order valence-electron chi connectivity index (χ0n) is 12.7. The summed E-state index contributed by atoms with van der Waals surface area (Å²) in [6, 6.07) is 4.23. The van der Waals surface area contributed by atoms with Gasteiger partial charge in [0.25, 0.3) is 5.91 Å². The van der Waals surface area contributed by atoms with E-state index in [1.807, 2.05) is 0 Å². The highest BCUT2D eigenvalue weighted by Crippen LogP contribution is 2.29. The molecule has 1 fully saturated rings. The molecule has 1 aliphatic rings. The molecule has 120 valence electrons. The molecule has 1 aromatic carbocycles. The second-order valence-corrected chi connectivity index (χ2v) is 5.48. The van der Waals surface area contributed by atoms with Gasteiger partial charge in [-0.15, -0.1) is 0 Å². The third-order valence-corrected chi connectivity index (χ3v) is 4.00. The van der Waals surface area contributed by atoms with E-state index in [9.17, 15) is 14.9 Å². The number of nitrogens with two attached hydrogens (primary N) is 1. The van der Waals surface area contributed by atoms with Crippen LogP contribution in [-0.4, -0.2) is 42.5 Å². The summed E-state index contributed by atoms with van der Waals surface area (Å²) in [5, 5.41) is 10.9. The van der Waals surface area contributed by atoms with Gasteiger partial charge in [0.15, 0.2) is 5.75 Å². The normalized spacial score (nSPS) is 18.1. The van der Waals surface area contributed by atoms with E-state index in [0.29, 0.717) is 31.1 Å². The summed E-state index contributed by atoms with van der Waals surface area (Å²) in [5.41, 5.74) is 5.86. The molecule has 2 N–H and O–H groups in total. The maximum atomic E-state index is 12.6. The van der Waals surface area contributed by atoms with Crippen LogP contribution in [0.3, 0.4) is 0 Å². The lowest BCUT2D eigenvalue weighted by Gasteiger charge is -2.32. The summed E-state index contributed by atoms with van der Waals surface area (Å²) >= 11 is 0. The van der Waals surface area contributed by atoms with E-state index in [1.165, 1.54) is 25.3 Å². The van der Waals surface area contributed by atoms with Crippen LogP contribution in [-0.2, 0) is 0 Å². The molecule has 1 heterocycles. The first-order valence-electron chi connectivity index (χ1n) is 7.38. The van der Waals surface area contributed by atoms with Crippen LogP contribution in [0.1, 0.15) is 29.6 Å².